The molecule has 4 nitrogen and oxygen atoms in total. The third-order valence-electron chi connectivity index (χ3n) is 2.45. The van der Waals surface area contributed by atoms with Crippen LogP contribution < -0.4 is 4.90 Å². The lowest BCUT2D eigenvalue weighted by Gasteiger charge is -2.14. The molecule has 2 heterocycles. The van der Waals surface area contributed by atoms with Crippen molar-refractivity contribution in [1.82, 2.24) is 4.98 Å². The standard InChI is InChI=1S/C10H11ClN2O2/c11-8-1-2-9(12-4-8)13-5-7(6-14)3-10(13)15/h1-2,4,7,14H,3,5-6H2. The molecule has 1 atom stereocenters. The fourth-order valence-corrected chi connectivity index (χ4v) is 1.76. The first kappa shape index (κ1) is 10.4. The van der Waals surface area contributed by atoms with E-state index < -0.39 is 0 Å². The van der Waals surface area contributed by atoms with Crippen molar-refractivity contribution in [2.45, 2.75) is 6.42 Å². The molecule has 1 aromatic rings. The van der Waals surface area contributed by atoms with Gasteiger partial charge in [-0.05, 0) is 12.1 Å². The fraction of sp³-hybridized carbons (Fsp3) is 0.400. The molecule has 5 heteroatoms. The number of aliphatic hydroxyl groups is 1. The minimum atomic E-state index is 0.00359. The number of aliphatic hydroxyl groups excluding tert-OH is 1. The Morgan fingerprint density at radius 3 is 2.93 bits per heavy atom. The largest absolute Gasteiger partial charge is 0.396 e. The molecule has 1 aliphatic heterocycles. The lowest BCUT2D eigenvalue weighted by atomic mass is 10.1. The molecule has 0 spiro atoms. The van der Waals surface area contributed by atoms with Gasteiger partial charge in [-0.1, -0.05) is 11.6 Å². The summed E-state index contributed by atoms with van der Waals surface area (Å²) in [4.78, 5) is 17.2. The quantitative estimate of drug-likeness (QED) is 0.821. The Labute approximate surface area is 92.5 Å². The summed E-state index contributed by atoms with van der Waals surface area (Å²) < 4.78 is 0. The predicted molar refractivity (Wildman–Crippen MR) is 56.8 cm³/mol. The minimum Gasteiger partial charge on any atom is -0.396 e. The third kappa shape index (κ3) is 2.11. The summed E-state index contributed by atoms with van der Waals surface area (Å²) in [5.41, 5.74) is 0. The summed E-state index contributed by atoms with van der Waals surface area (Å²) in [5.74, 6) is 0.624. The minimum absolute atomic E-state index is 0.00359. The molecule has 0 bridgehead atoms. The lowest BCUT2D eigenvalue weighted by Crippen LogP contribution is -2.25. The van der Waals surface area contributed by atoms with Crippen LogP contribution >= 0.6 is 11.6 Å². The van der Waals surface area contributed by atoms with Crippen LogP contribution in [-0.2, 0) is 4.79 Å². The SMILES string of the molecule is O=C1CC(CO)CN1c1ccc(Cl)cn1. The van der Waals surface area contributed by atoms with Gasteiger partial charge in [-0.15, -0.1) is 0 Å². The zero-order chi connectivity index (χ0) is 10.8. The van der Waals surface area contributed by atoms with Crippen molar-refractivity contribution in [2.24, 2.45) is 5.92 Å². The van der Waals surface area contributed by atoms with E-state index in [1.807, 2.05) is 0 Å². The molecular weight excluding hydrogens is 216 g/mol. The van der Waals surface area contributed by atoms with E-state index in [0.717, 1.165) is 0 Å². The van der Waals surface area contributed by atoms with Crippen LogP contribution in [0.4, 0.5) is 5.82 Å². The predicted octanol–water partition coefficient (Wildman–Crippen LogP) is 1.08. The van der Waals surface area contributed by atoms with Gasteiger partial charge in [-0.3, -0.25) is 9.69 Å². The summed E-state index contributed by atoms with van der Waals surface area (Å²) in [7, 11) is 0. The molecule has 1 saturated heterocycles. The van der Waals surface area contributed by atoms with E-state index in [2.05, 4.69) is 4.98 Å². The van der Waals surface area contributed by atoms with Gasteiger partial charge >= 0.3 is 0 Å². The molecular formula is C10H11ClN2O2. The van der Waals surface area contributed by atoms with E-state index in [4.69, 9.17) is 16.7 Å². The highest BCUT2D eigenvalue weighted by molar-refractivity contribution is 6.30. The van der Waals surface area contributed by atoms with E-state index in [-0.39, 0.29) is 18.4 Å². The Bertz CT molecular complexity index is 366. The van der Waals surface area contributed by atoms with E-state index >= 15 is 0 Å². The van der Waals surface area contributed by atoms with Crippen LogP contribution in [0.25, 0.3) is 0 Å². The Morgan fingerprint density at radius 1 is 1.60 bits per heavy atom. The first-order chi connectivity index (χ1) is 7.20. The second-order valence-corrected chi connectivity index (χ2v) is 4.03. The molecule has 15 heavy (non-hydrogen) atoms. The summed E-state index contributed by atoms with van der Waals surface area (Å²) in [6, 6.07) is 3.41. The highest BCUT2D eigenvalue weighted by atomic mass is 35.5. The second-order valence-electron chi connectivity index (χ2n) is 3.59. The van der Waals surface area contributed by atoms with Gasteiger partial charge in [0.2, 0.25) is 5.91 Å². The molecule has 1 unspecified atom stereocenters. The van der Waals surface area contributed by atoms with Crippen LogP contribution in [-0.4, -0.2) is 29.1 Å². The van der Waals surface area contributed by atoms with Crippen molar-refractivity contribution < 1.29 is 9.90 Å². The van der Waals surface area contributed by atoms with Gasteiger partial charge in [-0.2, -0.15) is 0 Å². The lowest BCUT2D eigenvalue weighted by molar-refractivity contribution is -0.117. The first-order valence-electron chi connectivity index (χ1n) is 4.73. The topological polar surface area (TPSA) is 53.4 Å². The van der Waals surface area contributed by atoms with E-state index in [9.17, 15) is 4.79 Å². The number of hydrogen-bond donors (Lipinski definition) is 1. The fourth-order valence-electron chi connectivity index (χ4n) is 1.65. The van der Waals surface area contributed by atoms with Gasteiger partial charge in [0.05, 0.1) is 5.02 Å². The molecule has 1 N–H and O–H groups in total. The Balaban J connectivity index is 2.18. The maximum absolute atomic E-state index is 11.6. The van der Waals surface area contributed by atoms with Crippen molar-refractivity contribution in [3.8, 4) is 0 Å². The van der Waals surface area contributed by atoms with Gasteiger partial charge in [0.1, 0.15) is 5.82 Å². The van der Waals surface area contributed by atoms with Crippen molar-refractivity contribution >= 4 is 23.3 Å². The highest BCUT2D eigenvalue weighted by Crippen LogP contribution is 2.23. The molecule has 1 fully saturated rings. The Hall–Kier alpha value is -1.13. The average Bonchev–Trinajstić information content (AvgIpc) is 2.61. The van der Waals surface area contributed by atoms with Crippen LogP contribution in [0.15, 0.2) is 18.3 Å². The number of pyridine rings is 1. The number of carbonyl (C=O) groups excluding carboxylic acids is 1. The van der Waals surface area contributed by atoms with E-state index in [1.165, 1.54) is 6.20 Å². The van der Waals surface area contributed by atoms with Crippen molar-refractivity contribution in [3.05, 3.63) is 23.4 Å². The van der Waals surface area contributed by atoms with Crippen LogP contribution in [0.2, 0.25) is 5.02 Å². The molecule has 1 aromatic heterocycles. The van der Waals surface area contributed by atoms with E-state index in [0.29, 0.717) is 23.8 Å². The summed E-state index contributed by atoms with van der Waals surface area (Å²) in [5, 5.41) is 9.52. The van der Waals surface area contributed by atoms with Crippen LogP contribution in [0.3, 0.4) is 0 Å². The Morgan fingerprint density at radius 2 is 2.40 bits per heavy atom. The van der Waals surface area contributed by atoms with Gasteiger partial charge < -0.3 is 5.11 Å². The smallest absolute Gasteiger partial charge is 0.228 e. The summed E-state index contributed by atoms with van der Waals surface area (Å²) in [6.45, 7) is 0.569. The molecule has 0 radical (unpaired) electrons. The average molecular weight is 227 g/mol. The van der Waals surface area contributed by atoms with Crippen molar-refractivity contribution in [1.29, 1.82) is 0 Å². The number of nitrogens with zero attached hydrogens (tertiary/aromatic N) is 2. The molecule has 0 aliphatic carbocycles. The second kappa shape index (κ2) is 4.16. The maximum atomic E-state index is 11.6. The number of halogens is 1. The molecule has 2 rings (SSSR count). The van der Waals surface area contributed by atoms with Gasteiger partial charge in [0.25, 0.3) is 0 Å². The molecule has 80 valence electrons. The van der Waals surface area contributed by atoms with Crippen LogP contribution in [0.5, 0.6) is 0 Å². The number of rotatable bonds is 2. The van der Waals surface area contributed by atoms with E-state index in [1.54, 1.807) is 17.0 Å². The zero-order valence-corrected chi connectivity index (χ0v) is 8.81. The molecule has 1 aliphatic rings. The summed E-state index contributed by atoms with van der Waals surface area (Å²) in [6.07, 6.45) is 1.90. The summed E-state index contributed by atoms with van der Waals surface area (Å²) >= 11 is 5.70. The van der Waals surface area contributed by atoms with Crippen molar-refractivity contribution in [3.63, 3.8) is 0 Å². The van der Waals surface area contributed by atoms with Crippen molar-refractivity contribution in [2.75, 3.05) is 18.1 Å². The number of hydrogen-bond acceptors (Lipinski definition) is 3. The van der Waals surface area contributed by atoms with Gasteiger partial charge in [0.15, 0.2) is 0 Å². The number of aromatic nitrogens is 1. The zero-order valence-electron chi connectivity index (χ0n) is 8.06. The molecule has 1 amide bonds. The van der Waals surface area contributed by atoms with Crippen LogP contribution in [0, 0.1) is 5.92 Å². The number of amides is 1. The molecule has 0 saturated carbocycles. The van der Waals surface area contributed by atoms with Gasteiger partial charge in [0, 0.05) is 31.7 Å². The monoisotopic (exact) mass is 226 g/mol. The number of carbonyl (C=O) groups is 1. The highest BCUT2D eigenvalue weighted by Gasteiger charge is 2.30. The van der Waals surface area contributed by atoms with Gasteiger partial charge in [-0.25, -0.2) is 4.98 Å². The number of anilines is 1. The Kier molecular flexibility index (Phi) is 2.88. The maximum Gasteiger partial charge on any atom is 0.228 e. The molecule has 0 aromatic carbocycles. The first-order valence-corrected chi connectivity index (χ1v) is 5.11. The van der Waals surface area contributed by atoms with Crippen LogP contribution in [0.1, 0.15) is 6.42 Å². The third-order valence-corrected chi connectivity index (χ3v) is 2.68. The normalized spacial score (nSPS) is 21.1.